The molecule has 2 aromatic rings. The first kappa shape index (κ1) is 19.2. The quantitative estimate of drug-likeness (QED) is 0.814. The van der Waals surface area contributed by atoms with E-state index >= 15 is 0 Å². The van der Waals surface area contributed by atoms with E-state index in [9.17, 15) is 14.9 Å². The molecule has 1 heterocycles. The number of esters is 1. The van der Waals surface area contributed by atoms with Crippen molar-refractivity contribution in [1.29, 1.82) is 5.26 Å². The van der Waals surface area contributed by atoms with Gasteiger partial charge in [0.2, 0.25) is 11.4 Å². The number of likely N-dealkylation sites (tertiary alicyclic amines) is 1. The number of amides is 1. The Morgan fingerprint density at radius 1 is 1.17 bits per heavy atom. The predicted molar refractivity (Wildman–Crippen MR) is 108 cm³/mol. The Morgan fingerprint density at radius 2 is 1.72 bits per heavy atom. The number of rotatable bonds is 3. The smallest absolute Gasteiger partial charge is 0.347 e. The molecule has 29 heavy (non-hydrogen) atoms. The van der Waals surface area contributed by atoms with E-state index < -0.39 is 29.4 Å². The molecule has 6 heteroatoms. The first-order valence-electron chi connectivity index (χ1n) is 9.72. The number of hydrogen-bond acceptors (Lipinski definition) is 5. The van der Waals surface area contributed by atoms with Gasteiger partial charge in [0, 0.05) is 18.4 Å². The number of hydrogen-bond donors (Lipinski definition) is 1. The van der Waals surface area contributed by atoms with Gasteiger partial charge in [0.05, 0.1) is 13.2 Å². The van der Waals surface area contributed by atoms with Crippen LogP contribution in [-0.2, 0) is 14.3 Å². The second-order valence-electron chi connectivity index (χ2n) is 7.70. The molecule has 0 saturated carbocycles. The molecule has 6 nitrogen and oxygen atoms in total. The van der Waals surface area contributed by atoms with Crippen LogP contribution in [0, 0.1) is 17.2 Å². The third kappa shape index (κ3) is 2.58. The minimum Gasteiger partial charge on any atom is -0.466 e. The van der Waals surface area contributed by atoms with E-state index in [1.165, 1.54) is 12.0 Å². The maximum absolute atomic E-state index is 13.0. The molecule has 1 aliphatic heterocycles. The first-order valence-corrected chi connectivity index (χ1v) is 9.72. The van der Waals surface area contributed by atoms with E-state index in [2.05, 4.69) is 18.2 Å². The number of carbonyl (C=O) groups is 2. The third-order valence-corrected chi connectivity index (χ3v) is 6.23. The highest BCUT2D eigenvalue weighted by Crippen LogP contribution is 2.54. The minimum atomic E-state index is -1.71. The lowest BCUT2D eigenvalue weighted by molar-refractivity contribution is -0.158. The van der Waals surface area contributed by atoms with Crippen molar-refractivity contribution in [2.45, 2.75) is 30.8 Å². The van der Waals surface area contributed by atoms with Gasteiger partial charge in [-0.3, -0.25) is 4.79 Å². The molecule has 0 aromatic heterocycles. The number of nitriles is 1. The molecular formula is C23H23N3O3. The van der Waals surface area contributed by atoms with Gasteiger partial charge in [-0.25, -0.2) is 4.79 Å². The van der Waals surface area contributed by atoms with Gasteiger partial charge in [-0.05, 0) is 35.6 Å². The van der Waals surface area contributed by atoms with Crippen molar-refractivity contribution in [2.75, 3.05) is 13.7 Å². The van der Waals surface area contributed by atoms with Crippen molar-refractivity contribution < 1.29 is 14.3 Å². The molecule has 2 aromatic carbocycles. The van der Waals surface area contributed by atoms with Gasteiger partial charge >= 0.3 is 5.97 Å². The first-order chi connectivity index (χ1) is 14.0. The maximum Gasteiger partial charge on any atom is 0.347 e. The van der Waals surface area contributed by atoms with Crippen LogP contribution < -0.4 is 5.73 Å². The van der Waals surface area contributed by atoms with Crippen LogP contribution in [0.2, 0.25) is 0 Å². The van der Waals surface area contributed by atoms with Gasteiger partial charge in [0.25, 0.3) is 0 Å². The van der Waals surface area contributed by atoms with Gasteiger partial charge in [-0.1, -0.05) is 48.5 Å². The van der Waals surface area contributed by atoms with Crippen molar-refractivity contribution in [2.24, 2.45) is 11.7 Å². The highest BCUT2D eigenvalue weighted by molar-refractivity contribution is 5.94. The average molecular weight is 389 g/mol. The van der Waals surface area contributed by atoms with E-state index in [1.54, 1.807) is 6.92 Å². The molecule has 2 unspecified atom stereocenters. The standard InChI is InChI=1S/C23H23N3O3/c1-14(25)21(27)26-12-11-19(23(26,13-24)22(28)29-2)20-17-9-5-3-7-15(17)16-8-4-6-10-18(16)20/h3-10,14,19-20H,11-12,25H2,1-2H3/t14-,19?,23?/m0/s1. The molecule has 2 aliphatic rings. The summed E-state index contributed by atoms with van der Waals surface area (Å²) in [6.07, 6.45) is 0.508. The summed E-state index contributed by atoms with van der Waals surface area (Å²) in [6, 6.07) is 17.4. The highest BCUT2D eigenvalue weighted by Gasteiger charge is 2.61. The zero-order valence-corrected chi connectivity index (χ0v) is 16.5. The fourth-order valence-corrected chi connectivity index (χ4v) is 5.03. The van der Waals surface area contributed by atoms with Gasteiger partial charge in [0.15, 0.2) is 0 Å². The van der Waals surface area contributed by atoms with Gasteiger partial charge in [-0.2, -0.15) is 5.26 Å². The molecule has 2 N–H and O–H groups in total. The molecule has 0 bridgehead atoms. The Kier molecular flexibility index (Phi) is 4.64. The molecule has 0 spiro atoms. The van der Waals surface area contributed by atoms with E-state index in [0.717, 1.165) is 22.3 Å². The third-order valence-electron chi connectivity index (χ3n) is 6.23. The fraction of sp³-hybridized carbons (Fsp3) is 0.348. The van der Waals surface area contributed by atoms with Crippen LogP contribution in [0.4, 0.5) is 0 Å². The van der Waals surface area contributed by atoms with E-state index in [4.69, 9.17) is 10.5 Å². The summed E-state index contributed by atoms with van der Waals surface area (Å²) in [7, 11) is 1.25. The predicted octanol–water partition coefficient (Wildman–Crippen LogP) is 2.43. The molecular weight excluding hydrogens is 366 g/mol. The second kappa shape index (κ2) is 7.02. The van der Waals surface area contributed by atoms with Crippen molar-refractivity contribution in [3.8, 4) is 17.2 Å². The van der Waals surface area contributed by atoms with Crippen molar-refractivity contribution in [1.82, 2.24) is 4.90 Å². The maximum atomic E-state index is 13.0. The molecule has 4 rings (SSSR count). The topological polar surface area (TPSA) is 96.4 Å². The number of nitrogens with zero attached hydrogens (tertiary/aromatic N) is 2. The SMILES string of the molecule is COC(=O)C1(C#N)C(C2c3ccccc3-c3ccccc32)CCN1C(=O)[C@H](C)N. The van der Waals surface area contributed by atoms with Gasteiger partial charge < -0.3 is 15.4 Å². The van der Waals surface area contributed by atoms with Crippen molar-refractivity contribution >= 4 is 11.9 Å². The summed E-state index contributed by atoms with van der Waals surface area (Å²) >= 11 is 0. The zero-order chi connectivity index (χ0) is 20.8. The van der Waals surface area contributed by atoms with Gasteiger partial charge in [-0.15, -0.1) is 0 Å². The lowest BCUT2D eigenvalue weighted by Gasteiger charge is -2.37. The van der Waals surface area contributed by atoms with Crippen LogP contribution in [0.25, 0.3) is 11.1 Å². The number of ether oxygens (including phenoxy) is 1. The summed E-state index contributed by atoms with van der Waals surface area (Å²) < 4.78 is 5.06. The van der Waals surface area contributed by atoms with E-state index in [-0.39, 0.29) is 12.5 Å². The average Bonchev–Trinajstić information content (AvgIpc) is 3.28. The Hall–Kier alpha value is -3.17. The Bertz CT molecular complexity index is 981. The van der Waals surface area contributed by atoms with Gasteiger partial charge in [0.1, 0.15) is 6.07 Å². The zero-order valence-electron chi connectivity index (χ0n) is 16.5. The van der Waals surface area contributed by atoms with Crippen LogP contribution in [0.1, 0.15) is 30.4 Å². The molecule has 1 aliphatic carbocycles. The van der Waals surface area contributed by atoms with Crippen LogP contribution in [0.15, 0.2) is 48.5 Å². The number of nitrogens with two attached hydrogens (primary N) is 1. The van der Waals surface area contributed by atoms with Crippen LogP contribution in [0.5, 0.6) is 0 Å². The van der Waals surface area contributed by atoms with Crippen molar-refractivity contribution in [3.05, 3.63) is 59.7 Å². The van der Waals surface area contributed by atoms with E-state index in [0.29, 0.717) is 6.42 Å². The van der Waals surface area contributed by atoms with Crippen LogP contribution >= 0.6 is 0 Å². The molecule has 1 fully saturated rings. The Morgan fingerprint density at radius 3 is 2.21 bits per heavy atom. The Labute approximate surface area is 169 Å². The van der Waals surface area contributed by atoms with Crippen LogP contribution in [0.3, 0.4) is 0 Å². The lowest BCUT2D eigenvalue weighted by Crippen LogP contribution is -2.59. The summed E-state index contributed by atoms with van der Waals surface area (Å²) in [5.74, 6) is -1.75. The summed E-state index contributed by atoms with van der Waals surface area (Å²) in [5, 5.41) is 10.3. The molecule has 1 saturated heterocycles. The van der Waals surface area contributed by atoms with E-state index in [1.807, 2.05) is 36.4 Å². The molecule has 1 amide bonds. The molecule has 0 radical (unpaired) electrons. The lowest BCUT2D eigenvalue weighted by atomic mass is 9.72. The largest absolute Gasteiger partial charge is 0.466 e. The second-order valence-corrected chi connectivity index (χ2v) is 7.70. The number of benzene rings is 2. The highest BCUT2D eigenvalue weighted by atomic mass is 16.5. The summed E-state index contributed by atoms with van der Waals surface area (Å²) in [5.41, 5.74) is 8.45. The monoisotopic (exact) mass is 389 g/mol. The summed E-state index contributed by atoms with van der Waals surface area (Å²) in [4.78, 5) is 27.2. The van der Waals surface area contributed by atoms with Crippen molar-refractivity contribution in [3.63, 3.8) is 0 Å². The number of fused-ring (bicyclic) bond motifs is 3. The fourth-order valence-electron chi connectivity index (χ4n) is 5.03. The summed E-state index contributed by atoms with van der Waals surface area (Å²) in [6.45, 7) is 1.85. The Balaban J connectivity index is 1.91. The molecule has 3 atom stereocenters. The molecule has 148 valence electrons. The number of carbonyl (C=O) groups excluding carboxylic acids is 2. The minimum absolute atomic E-state index is 0.188. The van der Waals surface area contributed by atoms with Crippen LogP contribution in [-0.4, -0.2) is 42.0 Å². The normalized spacial score (nSPS) is 23.8. The number of methoxy groups -OCH3 is 1.